The fourth-order valence-corrected chi connectivity index (χ4v) is 3.70. The first kappa shape index (κ1) is 23.3. The number of anilines is 1. The van der Waals surface area contributed by atoms with Crippen LogP contribution >= 0.6 is 0 Å². The van der Waals surface area contributed by atoms with E-state index in [2.05, 4.69) is 5.32 Å². The van der Waals surface area contributed by atoms with E-state index in [9.17, 15) is 9.59 Å². The van der Waals surface area contributed by atoms with Gasteiger partial charge in [0, 0.05) is 25.8 Å². The van der Waals surface area contributed by atoms with E-state index in [0.717, 1.165) is 23.2 Å². The molecule has 1 aliphatic heterocycles. The summed E-state index contributed by atoms with van der Waals surface area (Å²) in [5.74, 6) is 0.521. The van der Waals surface area contributed by atoms with Crippen molar-refractivity contribution < 1.29 is 19.1 Å². The van der Waals surface area contributed by atoms with Crippen molar-refractivity contribution in [3.63, 3.8) is 0 Å². The van der Waals surface area contributed by atoms with E-state index < -0.39 is 0 Å². The number of hydrogen-bond acceptors (Lipinski definition) is 4. The van der Waals surface area contributed by atoms with Crippen LogP contribution < -0.4 is 15.0 Å². The standard InChI is InChI=1S/C28H28N2O4/c1-20-8-10-22(11-9-20)19-30-24-6-3-4-7-25(24)34-26(28(30)32)18-21-12-14-23(15-13-21)27(31)29-16-5-17-33-2/h3-4,6-15,18H,5,16-17,19H2,1-2H3,(H,29,31). The van der Waals surface area contributed by atoms with Crippen LogP contribution in [-0.4, -0.2) is 32.1 Å². The van der Waals surface area contributed by atoms with Gasteiger partial charge >= 0.3 is 0 Å². The highest BCUT2D eigenvalue weighted by Crippen LogP contribution is 2.36. The average Bonchev–Trinajstić information content (AvgIpc) is 2.86. The maximum absolute atomic E-state index is 13.4. The van der Waals surface area contributed by atoms with Crippen LogP contribution in [-0.2, 0) is 16.1 Å². The van der Waals surface area contributed by atoms with Crippen LogP contribution in [0, 0.1) is 6.92 Å². The minimum Gasteiger partial charge on any atom is -0.449 e. The predicted octanol–water partition coefficient (Wildman–Crippen LogP) is 4.73. The summed E-state index contributed by atoms with van der Waals surface area (Å²) >= 11 is 0. The third-order valence-corrected chi connectivity index (χ3v) is 5.57. The zero-order chi connectivity index (χ0) is 23.9. The third kappa shape index (κ3) is 5.53. The molecular weight excluding hydrogens is 428 g/mol. The van der Waals surface area contributed by atoms with Gasteiger partial charge in [-0.2, -0.15) is 0 Å². The van der Waals surface area contributed by atoms with Gasteiger partial charge in [-0.3, -0.25) is 14.5 Å². The van der Waals surface area contributed by atoms with Crippen LogP contribution in [0.5, 0.6) is 5.75 Å². The predicted molar refractivity (Wildman–Crippen MR) is 133 cm³/mol. The van der Waals surface area contributed by atoms with E-state index in [-0.39, 0.29) is 17.6 Å². The lowest BCUT2D eigenvalue weighted by atomic mass is 10.1. The van der Waals surface area contributed by atoms with Crippen LogP contribution in [0.15, 0.2) is 78.6 Å². The van der Waals surface area contributed by atoms with Gasteiger partial charge in [0.25, 0.3) is 11.8 Å². The first-order valence-electron chi connectivity index (χ1n) is 11.3. The van der Waals surface area contributed by atoms with Crippen molar-refractivity contribution in [1.82, 2.24) is 5.32 Å². The monoisotopic (exact) mass is 456 g/mol. The average molecular weight is 457 g/mol. The number of methoxy groups -OCH3 is 1. The number of benzene rings is 3. The van der Waals surface area contributed by atoms with Gasteiger partial charge in [-0.15, -0.1) is 0 Å². The number of hydrogen-bond donors (Lipinski definition) is 1. The Bertz CT molecular complexity index is 1180. The number of nitrogens with one attached hydrogen (secondary N) is 1. The Kier molecular flexibility index (Phi) is 7.40. The fraction of sp³-hybridized carbons (Fsp3) is 0.214. The molecule has 0 bridgehead atoms. The Balaban J connectivity index is 1.53. The van der Waals surface area contributed by atoms with E-state index in [1.165, 1.54) is 5.56 Å². The Labute approximate surface area is 199 Å². The summed E-state index contributed by atoms with van der Waals surface area (Å²) in [6.07, 6.45) is 2.47. The summed E-state index contributed by atoms with van der Waals surface area (Å²) in [4.78, 5) is 27.4. The van der Waals surface area contributed by atoms with E-state index in [0.29, 0.717) is 31.0 Å². The number of nitrogens with zero attached hydrogens (tertiary/aromatic N) is 1. The van der Waals surface area contributed by atoms with Crippen molar-refractivity contribution in [3.8, 4) is 5.75 Å². The minimum absolute atomic E-state index is 0.140. The Morgan fingerprint density at radius 1 is 1.03 bits per heavy atom. The van der Waals surface area contributed by atoms with Gasteiger partial charge in [0.15, 0.2) is 11.5 Å². The second kappa shape index (κ2) is 10.8. The molecule has 0 atom stereocenters. The summed E-state index contributed by atoms with van der Waals surface area (Å²) in [6, 6.07) is 22.8. The van der Waals surface area contributed by atoms with Crippen molar-refractivity contribution >= 4 is 23.6 Å². The smallest absolute Gasteiger partial charge is 0.294 e. The molecule has 1 N–H and O–H groups in total. The van der Waals surface area contributed by atoms with Crippen LogP contribution in [0.3, 0.4) is 0 Å². The molecule has 0 aromatic heterocycles. The molecule has 0 saturated carbocycles. The molecule has 3 aromatic rings. The molecule has 6 heteroatoms. The molecule has 6 nitrogen and oxygen atoms in total. The summed E-state index contributed by atoms with van der Waals surface area (Å²) in [5.41, 5.74) is 4.28. The molecule has 0 unspecified atom stereocenters. The largest absolute Gasteiger partial charge is 0.449 e. The Morgan fingerprint density at radius 2 is 1.76 bits per heavy atom. The Hall–Kier alpha value is -3.90. The van der Waals surface area contributed by atoms with Gasteiger partial charge in [-0.1, -0.05) is 54.1 Å². The molecule has 3 aromatic carbocycles. The molecular formula is C28H28N2O4. The van der Waals surface area contributed by atoms with Crippen molar-refractivity contribution in [2.24, 2.45) is 0 Å². The van der Waals surface area contributed by atoms with E-state index in [1.807, 2.05) is 55.5 Å². The molecule has 2 amide bonds. The number of para-hydroxylation sites is 2. The summed E-state index contributed by atoms with van der Waals surface area (Å²) in [7, 11) is 1.64. The Morgan fingerprint density at radius 3 is 2.50 bits per heavy atom. The van der Waals surface area contributed by atoms with Crippen LogP contribution in [0.1, 0.15) is 33.5 Å². The van der Waals surface area contributed by atoms with Gasteiger partial charge in [0.05, 0.1) is 12.2 Å². The highest BCUT2D eigenvalue weighted by Gasteiger charge is 2.30. The molecule has 0 aliphatic carbocycles. The van der Waals surface area contributed by atoms with Crippen molar-refractivity contribution in [2.75, 3.05) is 25.2 Å². The first-order valence-corrected chi connectivity index (χ1v) is 11.3. The van der Waals surface area contributed by atoms with Crippen molar-refractivity contribution in [1.29, 1.82) is 0 Å². The van der Waals surface area contributed by atoms with Gasteiger partial charge < -0.3 is 14.8 Å². The quantitative estimate of drug-likeness (QED) is 0.393. The first-order chi connectivity index (χ1) is 16.5. The zero-order valence-corrected chi connectivity index (χ0v) is 19.4. The normalized spacial score (nSPS) is 14.0. The lowest BCUT2D eigenvalue weighted by Crippen LogP contribution is -2.36. The van der Waals surface area contributed by atoms with Gasteiger partial charge in [-0.25, -0.2) is 0 Å². The van der Waals surface area contributed by atoms with Gasteiger partial charge in [0.2, 0.25) is 0 Å². The summed E-state index contributed by atoms with van der Waals surface area (Å²) in [5, 5.41) is 2.87. The maximum atomic E-state index is 13.4. The lowest BCUT2D eigenvalue weighted by Gasteiger charge is -2.30. The fourth-order valence-electron chi connectivity index (χ4n) is 3.70. The van der Waals surface area contributed by atoms with E-state index in [4.69, 9.17) is 9.47 Å². The lowest BCUT2D eigenvalue weighted by molar-refractivity contribution is -0.117. The number of fused-ring (bicyclic) bond motifs is 1. The maximum Gasteiger partial charge on any atom is 0.294 e. The van der Waals surface area contributed by atoms with Crippen molar-refractivity contribution in [2.45, 2.75) is 19.9 Å². The molecule has 174 valence electrons. The van der Waals surface area contributed by atoms with E-state index in [1.54, 1.807) is 42.4 Å². The molecule has 0 saturated heterocycles. The van der Waals surface area contributed by atoms with E-state index >= 15 is 0 Å². The molecule has 1 aliphatic rings. The molecule has 1 heterocycles. The number of carbonyl (C=O) groups is 2. The second-order valence-corrected chi connectivity index (χ2v) is 8.18. The highest BCUT2D eigenvalue weighted by atomic mass is 16.5. The minimum atomic E-state index is -0.209. The number of carbonyl (C=O) groups excluding carboxylic acids is 2. The number of ether oxygens (including phenoxy) is 2. The molecule has 4 rings (SSSR count). The topological polar surface area (TPSA) is 67.9 Å². The summed E-state index contributed by atoms with van der Waals surface area (Å²) in [6.45, 7) is 3.64. The molecule has 0 radical (unpaired) electrons. The molecule has 34 heavy (non-hydrogen) atoms. The molecule has 0 fully saturated rings. The number of amides is 2. The summed E-state index contributed by atoms with van der Waals surface area (Å²) < 4.78 is 11.0. The number of aryl methyl sites for hydroxylation is 1. The van der Waals surface area contributed by atoms with Crippen LogP contribution in [0.25, 0.3) is 6.08 Å². The third-order valence-electron chi connectivity index (χ3n) is 5.57. The zero-order valence-electron chi connectivity index (χ0n) is 19.4. The van der Waals surface area contributed by atoms with Crippen LogP contribution in [0.2, 0.25) is 0 Å². The SMILES string of the molecule is COCCCNC(=O)c1ccc(C=C2Oc3ccccc3N(Cc3ccc(C)cc3)C2=O)cc1. The second-order valence-electron chi connectivity index (χ2n) is 8.18. The van der Waals surface area contributed by atoms with Crippen LogP contribution in [0.4, 0.5) is 5.69 Å². The van der Waals surface area contributed by atoms with Crippen molar-refractivity contribution in [3.05, 3.63) is 101 Å². The number of rotatable bonds is 8. The van der Waals surface area contributed by atoms with Gasteiger partial charge in [0.1, 0.15) is 0 Å². The molecule has 0 spiro atoms. The highest BCUT2D eigenvalue weighted by molar-refractivity contribution is 6.09. The van der Waals surface area contributed by atoms with Gasteiger partial charge in [-0.05, 0) is 54.8 Å².